The van der Waals surface area contributed by atoms with Crippen LogP contribution in [0.3, 0.4) is 0 Å². The number of nitrogens with zero attached hydrogens (tertiary/aromatic N) is 1. The molecular formula is C64H43N. The first-order valence-corrected chi connectivity index (χ1v) is 22.9. The van der Waals surface area contributed by atoms with Crippen molar-refractivity contribution in [3.63, 3.8) is 0 Å². The van der Waals surface area contributed by atoms with E-state index in [0.29, 0.717) is 0 Å². The lowest BCUT2D eigenvalue weighted by Gasteiger charge is -2.28. The molecular weight excluding hydrogens is 783 g/mol. The summed E-state index contributed by atoms with van der Waals surface area (Å²) < 4.78 is 0. The minimum Gasteiger partial charge on any atom is -0.310 e. The molecule has 65 heavy (non-hydrogen) atoms. The summed E-state index contributed by atoms with van der Waals surface area (Å²) in [6, 6.07) is 71.6. The molecule has 0 amide bonds. The zero-order chi connectivity index (χ0) is 43.2. The van der Waals surface area contributed by atoms with Gasteiger partial charge in [0.05, 0.1) is 5.69 Å². The van der Waals surface area contributed by atoms with Gasteiger partial charge in [0.15, 0.2) is 0 Å². The molecule has 0 atom stereocenters. The highest BCUT2D eigenvalue weighted by Gasteiger charge is 2.30. The predicted octanol–water partition coefficient (Wildman–Crippen LogP) is 18.4. The topological polar surface area (TPSA) is 3.24 Å². The average molecular weight is 826 g/mol. The second kappa shape index (κ2) is 13.3. The zero-order valence-electron chi connectivity index (χ0n) is 36.8. The van der Waals surface area contributed by atoms with Crippen molar-refractivity contribution in [3.05, 3.63) is 210 Å². The summed E-state index contributed by atoms with van der Waals surface area (Å²) in [5.74, 6) is 0. The fraction of sp³-hybridized carbons (Fsp3) is 0.0625. The summed E-state index contributed by atoms with van der Waals surface area (Å²) in [5, 5.41) is 23.8. The zero-order valence-corrected chi connectivity index (χ0v) is 36.8. The van der Waals surface area contributed by atoms with Crippen molar-refractivity contribution >= 4 is 114 Å². The van der Waals surface area contributed by atoms with Gasteiger partial charge in [-0.1, -0.05) is 158 Å². The monoisotopic (exact) mass is 825 g/mol. The molecule has 0 aliphatic rings. The smallest absolute Gasteiger partial charge is 0.0540 e. The van der Waals surface area contributed by atoms with Gasteiger partial charge in [-0.05, 0) is 194 Å². The van der Waals surface area contributed by atoms with E-state index < -0.39 is 0 Å². The molecule has 0 saturated carbocycles. The molecule has 14 aromatic carbocycles. The van der Waals surface area contributed by atoms with Gasteiger partial charge < -0.3 is 4.90 Å². The van der Waals surface area contributed by atoms with Gasteiger partial charge in [0.2, 0.25) is 0 Å². The number of fused-ring (bicyclic) bond motifs is 8. The van der Waals surface area contributed by atoms with Crippen LogP contribution in [0.4, 0.5) is 17.1 Å². The molecule has 0 fully saturated rings. The number of anilines is 3. The van der Waals surface area contributed by atoms with Crippen molar-refractivity contribution in [1.29, 1.82) is 0 Å². The van der Waals surface area contributed by atoms with E-state index in [4.69, 9.17) is 0 Å². The number of hydrogen-bond donors (Lipinski definition) is 0. The molecule has 14 rings (SSSR count). The van der Waals surface area contributed by atoms with Crippen LogP contribution in [0.25, 0.3) is 119 Å². The Hall–Kier alpha value is -8.00. The summed E-state index contributed by atoms with van der Waals surface area (Å²) in [6.07, 6.45) is 0. The van der Waals surface area contributed by atoms with Crippen LogP contribution in [0, 0.1) is 27.7 Å². The van der Waals surface area contributed by atoms with Crippen LogP contribution in [0.1, 0.15) is 22.3 Å². The molecule has 304 valence electrons. The Morgan fingerprint density at radius 1 is 0.262 bits per heavy atom. The van der Waals surface area contributed by atoms with Gasteiger partial charge in [0.25, 0.3) is 0 Å². The molecule has 0 aliphatic carbocycles. The molecule has 0 spiro atoms. The maximum Gasteiger partial charge on any atom is 0.0540 e. The molecule has 0 radical (unpaired) electrons. The fourth-order valence-corrected chi connectivity index (χ4v) is 12.4. The van der Waals surface area contributed by atoms with E-state index in [-0.39, 0.29) is 0 Å². The number of benzene rings is 12. The van der Waals surface area contributed by atoms with Gasteiger partial charge in [-0.15, -0.1) is 0 Å². The predicted molar refractivity (Wildman–Crippen MR) is 282 cm³/mol. The van der Waals surface area contributed by atoms with Crippen LogP contribution in [0.15, 0.2) is 188 Å². The second-order valence-electron chi connectivity index (χ2n) is 18.7. The lowest BCUT2D eigenvalue weighted by Crippen LogP contribution is -2.11. The minimum absolute atomic E-state index is 1.17. The number of hydrogen-bond acceptors (Lipinski definition) is 1. The average Bonchev–Trinajstić information content (AvgIpc) is 3.83. The Kier molecular flexibility index (Phi) is 7.45. The Bertz CT molecular complexity index is 3990. The van der Waals surface area contributed by atoms with Crippen molar-refractivity contribution in [2.45, 2.75) is 27.7 Å². The Balaban J connectivity index is 1.20. The molecule has 0 aromatic heterocycles. The van der Waals surface area contributed by atoms with E-state index in [1.54, 1.807) is 0 Å². The summed E-state index contributed by atoms with van der Waals surface area (Å²) in [5.41, 5.74) is 13.7. The van der Waals surface area contributed by atoms with Gasteiger partial charge >= 0.3 is 0 Å². The molecule has 0 heterocycles. The van der Waals surface area contributed by atoms with Crippen LogP contribution in [-0.2, 0) is 0 Å². The van der Waals surface area contributed by atoms with E-state index in [1.165, 1.54) is 159 Å². The van der Waals surface area contributed by atoms with E-state index in [9.17, 15) is 0 Å². The molecule has 1 nitrogen and oxygen atoms in total. The van der Waals surface area contributed by atoms with Crippen LogP contribution >= 0.6 is 0 Å². The SMILES string of the molecule is Cc1cc(C)cc(N(c2cc(C)cc(C)c2)c2ccc3c4c(-c5ccccc5)c5c6ccc7c8cccc9cccc(c%10ccc(c5c(-c5ccccc5)c4c4cccc2c43)c6c%107)c98)c1. The summed E-state index contributed by atoms with van der Waals surface area (Å²) in [4.78, 5) is 2.50. The number of aryl methyl sites for hydroxylation is 4. The largest absolute Gasteiger partial charge is 0.310 e. The quantitative estimate of drug-likeness (QED) is 0.123. The Morgan fingerprint density at radius 3 is 1.14 bits per heavy atom. The molecule has 0 aliphatic heterocycles. The van der Waals surface area contributed by atoms with Crippen molar-refractivity contribution < 1.29 is 0 Å². The molecule has 1 heteroatoms. The van der Waals surface area contributed by atoms with Crippen molar-refractivity contribution in [2.24, 2.45) is 0 Å². The maximum atomic E-state index is 2.50. The van der Waals surface area contributed by atoms with Crippen LogP contribution in [-0.4, -0.2) is 0 Å². The van der Waals surface area contributed by atoms with Crippen LogP contribution in [0.2, 0.25) is 0 Å². The second-order valence-corrected chi connectivity index (χ2v) is 18.7. The van der Waals surface area contributed by atoms with E-state index >= 15 is 0 Å². The van der Waals surface area contributed by atoms with Gasteiger partial charge in [-0.2, -0.15) is 0 Å². The normalized spacial score (nSPS) is 12.3. The molecule has 14 aromatic rings. The van der Waals surface area contributed by atoms with Crippen LogP contribution in [0.5, 0.6) is 0 Å². The first kappa shape index (κ1) is 36.5. The van der Waals surface area contributed by atoms with Gasteiger partial charge in [0.1, 0.15) is 0 Å². The lowest BCUT2D eigenvalue weighted by molar-refractivity contribution is 1.24. The van der Waals surface area contributed by atoms with E-state index in [1.807, 2.05) is 0 Å². The third kappa shape index (κ3) is 4.98. The van der Waals surface area contributed by atoms with Crippen molar-refractivity contribution in [1.82, 2.24) is 0 Å². The fourth-order valence-electron chi connectivity index (χ4n) is 12.4. The Morgan fingerprint density at radius 2 is 0.631 bits per heavy atom. The molecule has 0 N–H and O–H groups in total. The van der Waals surface area contributed by atoms with Gasteiger partial charge in [-0.25, -0.2) is 0 Å². The first-order chi connectivity index (χ1) is 31.9. The van der Waals surface area contributed by atoms with Crippen molar-refractivity contribution in [2.75, 3.05) is 4.90 Å². The summed E-state index contributed by atoms with van der Waals surface area (Å²) in [6.45, 7) is 8.84. The molecule has 0 bridgehead atoms. The first-order valence-electron chi connectivity index (χ1n) is 22.9. The van der Waals surface area contributed by atoms with E-state index in [2.05, 4.69) is 221 Å². The van der Waals surface area contributed by atoms with Crippen LogP contribution < -0.4 is 4.90 Å². The minimum atomic E-state index is 1.17. The highest BCUT2D eigenvalue weighted by Crippen LogP contribution is 2.58. The van der Waals surface area contributed by atoms with E-state index in [0.717, 1.165) is 0 Å². The highest BCUT2D eigenvalue weighted by molar-refractivity contribution is 6.49. The highest BCUT2D eigenvalue weighted by atomic mass is 15.1. The summed E-state index contributed by atoms with van der Waals surface area (Å²) >= 11 is 0. The van der Waals surface area contributed by atoms with Gasteiger partial charge in [-0.3, -0.25) is 0 Å². The lowest BCUT2D eigenvalue weighted by atomic mass is 9.87. The van der Waals surface area contributed by atoms with Crippen molar-refractivity contribution in [3.8, 4) is 22.3 Å². The Labute approximate surface area is 377 Å². The standard InChI is InChI=1S/C64H43N/c1-36-30-37(2)33-43(32-36)65(44-34-38(3)31-39(4)35-44)54-29-28-51-58-49(54)22-13-23-50(58)61-56(41-14-7-5-8-15-41)63-52-26-24-47-45-20-11-18-40-19-12-21-46(55(40)45)48-25-27-53(60(52)59(47)48)64(63)57(62(51)61)42-16-9-6-10-17-42/h5-35H,1-4H3. The number of rotatable bonds is 5. The molecule has 0 saturated heterocycles. The third-order valence-corrected chi connectivity index (χ3v) is 14.5. The maximum absolute atomic E-state index is 2.50. The van der Waals surface area contributed by atoms with Gasteiger partial charge in [0, 0.05) is 16.8 Å². The molecule has 0 unspecified atom stereocenters. The summed E-state index contributed by atoms with van der Waals surface area (Å²) in [7, 11) is 0. The third-order valence-electron chi connectivity index (χ3n) is 14.5.